The zero-order valence-corrected chi connectivity index (χ0v) is 11.6. The van der Waals surface area contributed by atoms with Crippen LogP contribution in [0.2, 0.25) is 0 Å². The van der Waals surface area contributed by atoms with Crippen molar-refractivity contribution in [3.8, 4) is 0 Å². The number of rotatable bonds is 7. The molecule has 0 spiro atoms. The summed E-state index contributed by atoms with van der Waals surface area (Å²) in [7, 11) is -3.15. The molecule has 0 aliphatic carbocycles. The van der Waals surface area contributed by atoms with Gasteiger partial charge < -0.3 is 10.1 Å². The summed E-state index contributed by atoms with van der Waals surface area (Å²) in [5.41, 5.74) is 0. The summed E-state index contributed by atoms with van der Waals surface area (Å²) < 4.78 is 31.5. The average molecular weight is 264 g/mol. The Hall–Kier alpha value is -0.170. The van der Waals surface area contributed by atoms with Gasteiger partial charge in [-0.25, -0.2) is 13.1 Å². The Labute approximate surface area is 104 Å². The van der Waals surface area contributed by atoms with E-state index in [9.17, 15) is 8.42 Å². The van der Waals surface area contributed by atoms with Gasteiger partial charge in [-0.3, -0.25) is 0 Å². The molecule has 17 heavy (non-hydrogen) atoms. The van der Waals surface area contributed by atoms with E-state index in [1.54, 1.807) is 0 Å². The molecule has 1 unspecified atom stereocenters. The maximum Gasteiger partial charge on any atom is 0.211 e. The predicted octanol–water partition coefficient (Wildman–Crippen LogP) is 0.330. The van der Waals surface area contributed by atoms with Crippen LogP contribution in [0.4, 0.5) is 0 Å². The van der Waals surface area contributed by atoms with Gasteiger partial charge in [0.2, 0.25) is 10.0 Å². The lowest BCUT2D eigenvalue weighted by molar-refractivity contribution is 0.0799. The smallest absolute Gasteiger partial charge is 0.211 e. The number of ether oxygens (including phenoxy) is 1. The standard InChI is InChI=1S/C11H24N2O3S/c1-3-16-10(2)8-13-17(14,15)9-11-4-6-12-7-5-11/h10-13H,3-9H2,1-2H3. The van der Waals surface area contributed by atoms with Gasteiger partial charge in [0.15, 0.2) is 0 Å². The molecule has 1 saturated heterocycles. The molecule has 1 aliphatic rings. The van der Waals surface area contributed by atoms with Crippen LogP contribution in [0.3, 0.4) is 0 Å². The van der Waals surface area contributed by atoms with Crippen LogP contribution < -0.4 is 10.0 Å². The molecular weight excluding hydrogens is 240 g/mol. The zero-order valence-electron chi connectivity index (χ0n) is 10.7. The van der Waals surface area contributed by atoms with Crippen molar-refractivity contribution in [3.63, 3.8) is 0 Å². The summed E-state index contributed by atoms with van der Waals surface area (Å²) in [6, 6.07) is 0. The highest BCUT2D eigenvalue weighted by atomic mass is 32.2. The second-order valence-corrected chi connectivity index (χ2v) is 6.44. The molecule has 0 aromatic rings. The van der Waals surface area contributed by atoms with Crippen LogP contribution in [0.25, 0.3) is 0 Å². The molecule has 0 saturated carbocycles. The molecule has 0 bridgehead atoms. The molecule has 5 nitrogen and oxygen atoms in total. The SMILES string of the molecule is CCOC(C)CNS(=O)(=O)CC1CCNCC1. The first-order valence-corrected chi connectivity index (χ1v) is 7.98. The molecule has 0 aromatic heterocycles. The number of hydrogen-bond donors (Lipinski definition) is 2. The lowest BCUT2D eigenvalue weighted by Gasteiger charge is -2.22. The predicted molar refractivity (Wildman–Crippen MR) is 68.5 cm³/mol. The van der Waals surface area contributed by atoms with Gasteiger partial charge in [0.1, 0.15) is 0 Å². The summed E-state index contributed by atoms with van der Waals surface area (Å²) >= 11 is 0. The van der Waals surface area contributed by atoms with E-state index in [0.717, 1.165) is 25.9 Å². The minimum absolute atomic E-state index is 0.0669. The molecule has 6 heteroatoms. The normalized spacial score (nSPS) is 20.4. The van der Waals surface area contributed by atoms with Crippen molar-refractivity contribution in [2.24, 2.45) is 5.92 Å². The fourth-order valence-electron chi connectivity index (χ4n) is 2.01. The van der Waals surface area contributed by atoms with Gasteiger partial charge in [0.05, 0.1) is 11.9 Å². The van der Waals surface area contributed by atoms with E-state index in [2.05, 4.69) is 10.0 Å². The Bertz CT molecular complexity index is 300. The minimum Gasteiger partial charge on any atom is -0.377 e. The van der Waals surface area contributed by atoms with E-state index in [0.29, 0.717) is 13.2 Å². The van der Waals surface area contributed by atoms with Gasteiger partial charge in [-0.05, 0) is 45.7 Å². The highest BCUT2D eigenvalue weighted by molar-refractivity contribution is 7.89. The maximum atomic E-state index is 11.8. The van der Waals surface area contributed by atoms with E-state index in [1.165, 1.54) is 0 Å². The molecule has 1 heterocycles. The zero-order chi connectivity index (χ0) is 12.7. The molecule has 0 aromatic carbocycles. The van der Waals surface area contributed by atoms with Gasteiger partial charge in [-0.2, -0.15) is 0 Å². The molecule has 1 fully saturated rings. The average Bonchev–Trinajstić information content (AvgIpc) is 2.28. The van der Waals surface area contributed by atoms with Crippen molar-refractivity contribution < 1.29 is 13.2 Å². The molecule has 0 amide bonds. The topological polar surface area (TPSA) is 67.4 Å². The fourth-order valence-corrected chi connectivity index (χ4v) is 3.57. The van der Waals surface area contributed by atoms with Crippen LogP contribution in [0.1, 0.15) is 26.7 Å². The van der Waals surface area contributed by atoms with Crippen LogP contribution in [0.5, 0.6) is 0 Å². The second kappa shape index (κ2) is 7.31. The molecule has 1 rings (SSSR count). The van der Waals surface area contributed by atoms with Gasteiger partial charge >= 0.3 is 0 Å². The summed E-state index contributed by atoms with van der Waals surface area (Å²) in [6.07, 6.45) is 1.83. The van der Waals surface area contributed by atoms with Crippen molar-refractivity contribution in [2.75, 3.05) is 32.0 Å². The molecule has 102 valence electrons. The Morgan fingerprint density at radius 2 is 2.06 bits per heavy atom. The van der Waals surface area contributed by atoms with E-state index < -0.39 is 10.0 Å². The molecule has 1 aliphatic heterocycles. The highest BCUT2D eigenvalue weighted by Gasteiger charge is 2.21. The lowest BCUT2D eigenvalue weighted by atomic mass is 10.0. The Morgan fingerprint density at radius 1 is 1.41 bits per heavy atom. The van der Waals surface area contributed by atoms with Crippen LogP contribution >= 0.6 is 0 Å². The molecular formula is C11H24N2O3S. The first-order valence-electron chi connectivity index (χ1n) is 6.33. The van der Waals surface area contributed by atoms with Crippen molar-refractivity contribution >= 4 is 10.0 Å². The quantitative estimate of drug-likeness (QED) is 0.695. The second-order valence-electron chi connectivity index (χ2n) is 4.59. The first kappa shape index (κ1) is 14.9. The number of hydrogen-bond acceptors (Lipinski definition) is 4. The summed E-state index contributed by atoms with van der Waals surface area (Å²) in [4.78, 5) is 0. The largest absolute Gasteiger partial charge is 0.377 e. The third-order valence-electron chi connectivity index (χ3n) is 2.96. The lowest BCUT2D eigenvalue weighted by Crippen LogP contribution is -2.38. The van der Waals surface area contributed by atoms with E-state index >= 15 is 0 Å². The number of nitrogens with one attached hydrogen (secondary N) is 2. The van der Waals surface area contributed by atoms with Gasteiger partial charge in [0.25, 0.3) is 0 Å². The van der Waals surface area contributed by atoms with Crippen LogP contribution in [-0.2, 0) is 14.8 Å². The van der Waals surface area contributed by atoms with Crippen LogP contribution in [-0.4, -0.2) is 46.5 Å². The molecule has 2 N–H and O–H groups in total. The Kier molecular flexibility index (Phi) is 6.40. The molecule has 1 atom stereocenters. The maximum absolute atomic E-state index is 11.8. The minimum atomic E-state index is -3.15. The van der Waals surface area contributed by atoms with Gasteiger partial charge in [0, 0.05) is 13.2 Å². The van der Waals surface area contributed by atoms with Crippen molar-refractivity contribution in [1.82, 2.24) is 10.0 Å². The van der Waals surface area contributed by atoms with Crippen molar-refractivity contribution in [2.45, 2.75) is 32.8 Å². The van der Waals surface area contributed by atoms with Crippen LogP contribution in [0, 0.1) is 5.92 Å². The molecule has 0 radical (unpaired) electrons. The summed E-state index contributed by atoms with van der Waals surface area (Å²) in [5.74, 6) is 0.532. The summed E-state index contributed by atoms with van der Waals surface area (Å²) in [6.45, 7) is 6.60. The fraction of sp³-hybridized carbons (Fsp3) is 1.00. The number of piperidine rings is 1. The first-order chi connectivity index (χ1) is 8.03. The van der Waals surface area contributed by atoms with Gasteiger partial charge in [-0.15, -0.1) is 0 Å². The van der Waals surface area contributed by atoms with Gasteiger partial charge in [-0.1, -0.05) is 0 Å². The van der Waals surface area contributed by atoms with E-state index in [4.69, 9.17) is 4.74 Å². The summed E-state index contributed by atoms with van der Waals surface area (Å²) in [5, 5.41) is 3.23. The van der Waals surface area contributed by atoms with E-state index in [-0.39, 0.29) is 17.8 Å². The Balaban J connectivity index is 2.29. The monoisotopic (exact) mass is 264 g/mol. The van der Waals surface area contributed by atoms with Crippen LogP contribution in [0.15, 0.2) is 0 Å². The van der Waals surface area contributed by atoms with E-state index in [1.807, 2.05) is 13.8 Å². The van der Waals surface area contributed by atoms with Crippen molar-refractivity contribution in [3.05, 3.63) is 0 Å². The third kappa shape index (κ3) is 6.35. The third-order valence-corrected chi connectivity index (χ3v) is 4.47. The number of sulfonamides is 1. The highest BCUT2D eigenvalue weighted by Crippen LogP contribution is 2.13. The van der Waals surface area contributed by atoms with Crippen molar-refractivity contribution in [1.29, 1.82) is 0 Å². The Morgan fingerprint density at radius 3 is 2.65 bits per heavy atom.